The molecule has 158 valence electrons. The van der Waals surface area contributed by atoms with Gasteiger partial charge in [0, 0.05) is 24.7 Å². The molecule has 2 N–H and O–H groups in total. The highest BCUT2D eigenvalue weighted by Gasteiger charge is 2.30. The predicted molar refractivity (Wildman–Crippen MR) is 112 cm³/mol. The number of carbonyl (C=O) groups is 1. The number of anilines is 1. The van der Waals surface area contributed by atoms with Crippen LogP contribution in [0.4, 0.5) is 5.69 Å². The van der Waals surface area contributed by atoms with Crippen molar-refractivity contribution in [3.8, 4) is 5.75 Å². The van der Waals surface area contributed by atoms with Gasteiger partial charge in [-0.25, -0.2) is 8.42 Å². The van der Waals surface area contributed by atoms with E-state index in [0.717, 1.165) is 45.2 Å². The van der Waals surface area contributed by atoms with Crippen LogP contribution in [0, 0.1) is 5.92 Å². The van der Waals surface area contributed by atoms with Gasteiger partial charge in [0.2, 0.25) is 15.9 Å². The van der Waals surface area contributed by atoms with E-state index >= 15 is 0 Å². The molecule has 0 unspecified atom stereocenters. The van der Waals surface area contributed by atoms with Gasteiger partial charge < -0.3 is 15.4 Å². The summed E-state index contributed by atoms with van der Waals surface area (Å²) in [4.78, 5) is 12.6. The number of hydrogen-bond acceptors (Lipinski definition) is 5. The SMILES string of the molecule is CCOc1ccc(NC(=O)C2CCNCC2)cc1S(=O)(=O)N1CCCCC1.Cl. The number of carbonyl (C=O) groups excluding carboxylic acids is 1. The molecule has 1 amide bonds. The van der Waals surface area contributed by atoms with Gasteiger partial charge in [-0.3, -0.25) is 4.79 Å². The van der Waals surface area contributed by atoms with Crippen molar-refractivity contribution >= 4 is 34.0 Å². The molecule has 0 spiro atoms. The monoisotopic (exact) mass is 431 g/mol. The Bertz CT molecular complexity index is 760. The van der Waals surface area contributed by atoms with Crippen molar-refractivity contribution in [3.63, 3.8) is 0 Å². The van der Waals surface area contributed by atoms with E-state index in [1.165, 1.54) is 10.4 Å². The van der Waals surface area contributed by atoms with E-state index in [0.29, 0.717) is 31.1 Å². The molecule has 1 aromatic rings. The Morgan fingerprint density at radius 3 is 2.54 bits per heavy atom. The van der Waals surface area contributed by atoms with Crippen LogP contribution < -0.4 is 15.4 Å². The summed E-state index contributed by atoms with van der Waals surface area (Å²) in [6, 6.07) is 4.88. The van der Waals surface area contributed by atoms with Crippen molar-refractivity contribution in [3.05, 3.63) is 18.2 Å². The fourth-order valence-corrected chi connectivity index (χ4v) is 5.31. The van der Waals surface area contributed by atoms with Crippen molar-refractivity contribution in [1.29, 1.82) is 0 Å². The van der Waals surface area contributed by atoms with Crippen molar-refractivity contribution in [1.82, 2.24) is 9.62 Å². The van der Waals surface area contributed by atoms with Crippen LogP contribution >= 0.6 is 12.4 Å². The molecular weight excluding hydrogens is 402 g/mol. The lowest BCUT2D eigenvalue weighted by Gasteiger charge is -2.27. The first kappa shape index (κ1) is 22.9. The number of nitrogens with one attached hydrogen (secondary N) is 2. The van der Waals surface area contributed by atoms with Crippen molar-refractivity contribution < 1.29 is 17.9 Å². The van der Waals surface area contributed by atoms with Crippen LogP contribution in [0.3, 0.4) is 0 Å². The molecule has 0 aromatic heterocycles. The first-order valence-electron chi connectivity index (χ1n) is 9.81. The van der Waals surface area contributed by atoms with Crippen molar-refractivity contribution in [2.24, 2.45) is 5.92 Å². The molecule has 28 heavy (non-hydrogen) atoms. The quantitative estimate of drug-likeness (QED) is 0.722. The number of halogens is 1. The maximum Gasteiger partial charge on any atom is 0.246 e. The molecule has 0 radical (unpaired) electrons. The second-order valence-electron chi connectivity index (χ2n) is 7.07. The topological polar surface area (TPSA) is 87.7 Å². The van der Waals surface area contributed by atoms with E-state index < -0.39 is 10.0 Å². The molecule has 2 fully saturated rings. The van der Waals surface area contributed by atoms with Crippen LogP contribution in [0.25, 0.3) is 0 Å². The van der Waals surface area contributed by atoms with Crippen LogP contribution in [0.15, 0.2) is 23.1 Å². The molecule has 1 aromatic carbocycles. The molecule has 0 atom stereocenters. The Kier molecular flexibility index (Phi) is 8.55. The van der Waals surface area contributed by atoms with Gasteiger partial charge in [-0.15, -0.1) is 12.4 Å². The lowest BCUT2D eigenvalue weighted by atomic mass is 9.97. The van der Waals surface area contributed by atoms with Gasteiger partial charge in [-0.05, 0) is 63.9 Å². The predicted octanol–water partition coefficient (Wildman–Crippen LogP) is 2.62. The summed E-state index contributed by atoms with van der Waals surface area (Å²) in [5, 5.41) is 6.13. The van der Waals surface area contributed by atoms with Gasteiger partial charge in [0.1, 0.15) is 10.6 Å². The van der Waals surface area contributed by atoms with Crippen molar-refractivity contribution in [2.45, 2.75) is 43.9 Å². The minimum absolute atomic E-state index is 0. The summed E-state index contributed by atoms with van der Waals surface area (Å²) in [7, 11) is -3.65. The van der Waals surface area contributed by atoms with E-state index in [1.807, 2.05) is 6.92 Å². The Morgan fingerprint density at radius 1 is 1.21 bits per heavy atom. The number of amides is 1. The summed E-state index contributed by atoms with van der Waals surface area (Å²) in [5.41, 5.74) is 0.498. The second kappa shape index (κ2) is 10.4. The van der Waals surface area contributed by atoms with Crippen LogP contribution in [0.1, 0.15) is 39.0 Å². The summed E-state index contributed by atoms with van der Waals surface area (Å²) in [6.45, 7) is 4.92. The number of benzene rings is 1. The zero-order chi connectivity index (χ0) is 19.3. The molecule has 2 heterocycles. The van der Waals surface area contributed by atoms with E-state index in [1.54, 1.807) is 12.1 Å². The van der Waals surface area contributed by atoms with Crippen LogP contribution in [0.5, 0.6) is 5.75 Å². The number of rotatable bonds is 6. The fourth-order valence-electron chi connectivity index (χ4n) is 3.63. The fraction of sp³-hybridized carbons (Fsp3) is 0.632. The molecule has 0 bridgehead atoms. The van der Waals surface area contributed by atoms with Gasteiger partial charge in [-0.1, -0.05) is 6.42 Å². The number of ether oxygens (including phenoxy) is 1. The Balaban J connectivity index is 0.00000280. The maximum absolute atomic E-state index is 13.1. The number of hydrogen-bond donors (Lipinski definition) is 2. The summed E-state index contributed by atoms with van der Waals surface area (Å²) in [6.07, 6.45) is 4.38. The Hall–Kier alpha value is -1.35. The van der Waals surface area contributed by atoms with E-state index in [-0.39, 0.29) is 29.1 Å². The van der Waals surface area contributed by atoms with Gasteiger partial charge in [0.05, 0.1) is 6.61 Å². The zero-order valence-electron chi connectivity index (χ0n) is 16.3. The number of piperidine rings is 2. The Morgan fingerprint density at radius 2 is 1.89 bits per heavy atom. The van der Waals surface area contributed by atoms with Gasteiger partial charge in [0.15, 0.2) is 0 Å². The molecule has 0 aliphatic carbocycles. The van der Waals surface area contributed by atoms with Crippen molar-refractivity contribution in [2.75, 3.05) is 38.1 Å². The summed E-state index contributed by atoms with van der Waals surface area (Å²) < 4.78 is 33.4. The molecule has 9 heteroatoms. The molecule has 0 saturated carbocycles. The summed E-state index contributed by atoms with van der Waals surface area (Å²) in [5.74, 6) is 0.241. The molecule has 2 saturated heterocycles. The number of sulfonamides is 1. The average molecular weight is 432 g/mol. The first-order chi connectivity index (χ1) is 13.0. The first-order valence-corrected chi connectivity index (χ1v) is 11.2. The maximum atomic E-state index is 13.1. The minimum Gasteiger partial charge on any atom is -0.492 e. The summed E-state index contributed by atoms with van der Waals surface area (Å²) >= 11 is 0. The van der Waals surface area contributed by atoms with E-state index in [4.69, 9.17) is 4.74 Å². The highest BCUT2D eigenvalue weighted by Crippen LogP contribution is 2.31. The minimum atomic E-state index is -3.65. The third-order valence-corrected chi connectivity index (χ3v) is 7.07. The Labute approximate surface area is 173 Å². The highest BCUT2D eigenvalue weighted by atomic mass is 35.5. The smallest absolute Gasteiger partial charge is 0.246 e. The zero-order valence-corrected chi connectivity index (χ0v) is 17.9. The standard InChI is InChI=1S/C19H29N3O4S.ClH/c1-2-26-17-7-6-16(21-19(23)15-8-10-20-11-9-15)14-18(17)27(24,25)22-12-4-3-5-13-22;/h6-7,14-15,20H,2-5,8-13H2,1H3,(H,21,23);1H. The second-order valence-corrected chi connectivity index (χ2v) is 8.98. The third-order valence-electron chi connectivity index (χ3n) is 5.15. The van der Waals surface area contributed by atoms with Gasteiger partial charge in [0.25, 0.3) is 0 Å². The van der Waals surface area contributed by atoms with Crippen LogP contribution in [-0.4, -0.2) is 51.4 Å². The molecule has 2 aliphatic rings. The van der Waals surface area contributed by atoms with Crippen LogP contribution in [0.2, 0.25) is 0 Å². The van der Waals surface area contributed by atoms with E-state index in [2.05, 4.69) is 10.6 Å². The lowest BCUT2D eigenvalue weighted by Crippen LogP contribution is -2.36. The van der Waals surface area contributed by atoms with Gasteiger partial charge in [-0.2, -0.15) is 4.31 Å². The highest BCUT2D eigenvalue weighted by molar-refractivity contribution is 7.89. The molecule has 7 nitrogen and oxygen atoms in total. The molecule has 3 rings (SSSR count). The third kappa shape index (κ3) is 5.37. The molecular formula is C19H30ClN3O4S. The van der Waals surface area contributed by atoms with Gasteiger partial charge >= 0.3 is 0 Å². The largest absolute Gasteiger partial charge is 0.492 e. The lowest BCUT2D eigenvalue weighted by molar-refractivity contribution is -0.120. The van der Waals surface area contributed by atoms with E-state index in [9.17, 15) is 13.2 Å². The number of nitrogens with zero attached hydrogens (tertiary/aromatic N) is 1. The molecule has 2 aliphatic heterocycles. The van der Waals surface area contributed by atoms with Crippen LogP contribution in [-0.2, 0) is 14.8 Å². The normalized spacial score (nSPS) is 18.9. The average Bonchev–Trinajstić information content (AvgIpc) is 2.70.